The van der Waals surface area contributed by atoms with Crippen LogP contribution in [0.15, 0.2) is 30.5 Å². The van der Waals surface area contributed by atoms with Crippen LogP contribution in [0.25, 0.3) is 10.9 Å². The Morgan fingerprint density at radius 3 is 2.30 bits per heavy atom. The number of aliphatic hydroxyl groups excluding tert-OH is 2. The molecule has 0 aliphatic heterocycles. The molecule has 0 fully saturated rings. The van der Waals surface area contributed by atoms with Gasteiger partial charge < -0.3 is 35.7 Å². The average Bonchev–Trinajstić information content (AvgIpc) is 3.22. The van der Waals surface area contributed by atoms with Crippen molar-refractivity contribution >= 4 is 23.4 Å². The van der Waals surface area contributed by atoms with Crippen LogP contribution in [0.2, 0.25) is 0 Å². The van der Waals surface area contributed by atoms with Gasteiger partial charge in [-0.15, -0.1) is 0 Å². The number of ether oxygens (including phenoxy) is 1. The first-order valence-electron chi connectivity index (χ1n) is 9.87. The minimum absolute atomic E-state index is 0.0126. The number of aromatic amines is 1. The summed E-state index contributed by atoms with van der Waals surface area (Å²) < 4.78 is 4.80. The van der Waals surface area contributed by atoms with Gasteiger partial charge in [-0.1, -0.05) is 20.8 Å². The predicted octanol–water partition coefficient (Wildman–Crippen LogP) is 2.76. The number of aromatic hydroxyl groups is 1. The van der Waals surface area contributed by atoms with Crippen LogP contribution in [-0.4, -0.2) is 65.7 Å². The van der Waals surface area contributed by atoms with E-state index in [0.717, 1.165) is 24.4 Å². The third-order valence-corrected chi connectivity index (χ3v) is 2.74. The van der Waals surface area contributed by atoms with Crippen LogP contribution in [0.4, 0.5) is 4.79 Å². The number of hydrogen-bond acceptors (Lipinski definition) is 6. The van der Waals surface area contributed by atoms with E-state index in [1.165, 1.54) is 0 Å². The molecule has 174 valence electrons. The fourth-order valence-corrected chi connectivity index (χ4v) is 1.65. The van der Waals surface area contributed by atoms with Crippen LogP contribution in [0.1, 0.15) is 41.0 Å². The molecule has 9 nitrogen and oxygen atoms in total. The van der Waals surface area contributed by atoms with Crippen molar-refractivity contribution in [2.45, 2.75) is 47.1 Å². The lowest BCUT2D eigenvalue weighted by Gasteiger charge is -2.07. The highest BCUT2D eigenvalue weighted by Crippen LogP contribution is 2.17. The quantitative estimate of drug-likeness (QED) is 0.308. The Labute approximate surface area is 179 Å². The molecule has 0 spiro atoms. The van der Waals surface area contributed by atoms with E-state index in [1.54, 1.807) is 12.1 Å². The number of amides is 2. The van der Waals surface area contributed by atoms with E-state index in [0.29, 0.717) is 25.2 Å². The summed E-state index contributed by atoms with van der Waals surface area (Å²) in [4.78, 5) is 23.1. The first-order valence-corrected chi connectivity index (χ1v) is 9.87. The smallest absolute Gasteiger partial charge is 0.407 e. The lowest BCUT2D eigenvalue weighted by atomic mass is 10.2. The number of fused-ring (bicyclic) bond motifs is 1. The summed E-state index contributed by atoms with van der Waals surface area (Å²) in [7, 11) is 1.00. The molecule has 0 bridgehead atoms. The molecule has 2 aromatic rings. The van der Waals surface area contributed by atoms with E-state index in [1.807, 2.05) is 52.9 Å². The van der Waals surface area contributed by atoms with Gasteiger partial charge in [-0.3, -0.25) is 4.79 Å². The molecular formula is C21H39N3O6. The normalized spacial score (nSPS) is 8.57. The first-order chi connectivity index (χ1) is 14.4. The number of benzene rings is 1. The van der Waals surface area contributed by atoms with Crippen LogP contribution in [-0.2, 0) is 9.53 Å². The van der Waals surface area contributed by atoms with E-state index >= 15 is 0 Å². The molecule has 0 aliphatic rings. The van der Waals surface area contributed by atoms with Gasteiger partial charge in [-0.05, 0) is 44.5 Å². The number of carbonyl (C=O) groups is 2. The fraction of sp³-hybridized carbons (Fsp3) is 0.524. The number of alkyl carbamates (subject to hydrolysis) is 1. The first kappa shape index (κ1) is 31.9. The molecule has 0 saturated heterocycles. The maximum Gasteiger partial charge on any atom is 0.407 e. The zero-order valence-corrected chi connectivity index (χ0v) is 18.9. The van der Waals surface area contributed by atoms with E-state index in [9.17, 15) is 9.59 Å². The van der Waals surface area contributed by atoms with Crippen LogP contribution in [0.3, 0.4) is 0 Å². The number of H-pyrrole nitrogens is 1. The van der Waals surface area contributed by atoms with Crippen molar-refractivity contribution in [3.8, 4) is 5.75 Å². The summed E-state index contributed by atoms with van der Waals surface area (Å²) in [6, 6.07) is 7.17. The van der Waals surface area contributed by atoms with E-state index in [2.05, 4.69) is 15.6 Å². The zero-order valence-electron chi connectivity index (χ0n) is 18.9. The van der Waals surface area contributed by atoms with Crippen LogP contribution < -0.4 is 10.6 Å². The van der Waals surface area contributed by atoms with Gasteiger partial charge in [-0.2, -0.15) is 0 Å². The number of nitrogens with one attached hydrogen (secondary N) is 3. The molecule has 30 heavy (non-hydrogen) atoms. The summed E-state index contributed by atoms with van der Waals surface area (Å²) in [6.07, 6.45) is 2.99. The van der Waals surface area contributed by atoms with Gasteiger partial charge in [0.05, 0.1) is 12.7 Å². The summed E-state index contributed by atoms with van der Waals surface area (Å²) in [5, 5.41) is 29.9. The largest absolute Gasteiger partial charge is 0.508 e. The Morgan fingerprint density at radius 2 is 1.83 bits per heavy atom. The van der Waals surface area contributed by atoms with Crippen molar-refractivity contribution in [1.82, 2.24) is 15.6 Å². The molecule has 0 unspecified atom stereocenters. The van der Waals surface area contributed by atoms with Gasteiger partial charge in [-0.25, -0.2) is 4.79 Å². The van der Waals surface area contributed by atoms with Gasteiger partial charge in [0.2, 0.25) is 6.41 Å². The second kappa shape index (κ2) is 24.3. The molecule has 0 atom stereocenters. The van der Waals surface area contributed by atoms with Crippen molar-refractivity contribution < 1.29 is 29.6 Å². The lowest BCUT2D eigenvalue weighted by Crippen LogP contribution is -2.27. The van der Waals surface area contributed by atoms with Crippen molar-refractivity contribution in [3.05, 3.63) is 30.5 Å². The molecule has 1 heterocycles. The Kier molecular flexibility index (Phi) is 25.8. The van der Waals surface area contributed by atoms with Crippen LogP contribution in [0, 0.1) is 0 Å². The molecule has 9 heteroatoms. The van der Waals surface area contributed by atoms with Gasteiger partial charge in [0.15, 0.2) is 0 Å². The number of phenols is 1. The number of aliphatic hydroxyl groups is 2. The average molecular weight is 430 g/mol. The summed E-state index contributed by atoms with van der Waals surface area (Å²) in [5.74, 6) is 0.312. The highest BCUT2D eigenvalue weighted by Gasteiger charge is 2.01. The molecule has 0 saturated carbocycles. The van der Waals surface area contributed by atoms with E-state index in [4.69, 9.17) is 20.1 Å². The van der Waals surface area contributed by atoms with Crippen LogP contribution >= 0.6 is 0 Å². The van der Waals surface area contributed by atoms with Gasteiger partial charge >= 0.3 is 6.09 Å². The Hall–Kier alpha value is -2.78. The molecule has 1 aromatic carbocycles. The molecule has 2 rings (SSSR count). The van der Waals surface area contributed by atoms with Gasteiger partial charge in [0.25, 0.3) is 0 Å². The fourth-order valence-electron chi connectivity index (χ4n) is 1.65. The topological polar surface area (TPSA) is 144 Å². The predicted molar refractivity (Wildman–Crippen MR) is 121 cm³/mol. The van der Waals surface area contributed by atoms with Gasteiger partial charge in [0.1, 0.15) is 5.75 Å². The standard InChI is InChI=1S/C8H7NO.C7H15NO2.C3H7NO2.C2H6.CH4O/c10-7-1-2-8-6(5-7)3-4-9-8;1-4-5-8-7(9)10-6(2)3;5-2-1-4-3-6;2*1-2/h1-5,9-10H;6H,4-5H2,1-3H3,(H,8,9);3,5H,1-2H2,(H,4,6);1-2H3;2H,1H3. The number of phenolic OH excluding ortho intramolecular Hbond substituents is 1. The highest BCUT2D eigenvalue weighted by atomic mass is 16.6. The SMILES string of the molecule is CC.CCCNC(=O)OC(C)C.CO.O=CNCCO.Oc1ccc2[nH]ccc2c1. The molecule has 0 radical (unpaired) electrons. The highest BCUT2D eigenvalue weighted by molar-refractivity contribution is 5.80. The third-order valence-electron chi connectivity index (χ3n) is 2.74. The number of carbonyl (C=O) groups excluding carboxylic acids is 2. The second-order valence-electron chi connectivity index (χ2n) is 5.43. The molecular weight excluding hydrogens is 390 g/mol. The maximum atomic E-state index is 10.7. The van der Waals surface area contributed by atoms with Crippen molar-refractivity contribution in [2.24, 2.45) is 0 Å². The van der Waals surface area contributed by atoms with Crippen molar-refractivity contribution in [1.29, 1.82) is 0 Å². The Balaban J connectivity index is -0.000000346. The summed E-state index contributed by atoms with van der Waals surface area (Å²) in [6.45, 7) is 10.7. The van der Waals surface area contributed by atoms with Crippen LogP contribution in [0.5, 0.6) is 5.75 Å². The summed E-state index contributed by atoms with van der Waals surface area (Å²) in [5.41, 5.74) is 1.05. The maximum absolute atomic E-state index is 10.7. The lowest BCUT2D eigenvalue weighted by molar-refractivity contribution is -0.109. The minimum Gasteiger partial charge on any atom is -0.508 e. The minimum atomic E-state index is -0.322. The Morgan fingerprint density at radius 1 is 1.20 bits per heavy atom. The Bertz CT molecular complexity index is 632. The number of hydrogen-bond donors (Lipinski definition) is 6. The third kappa shape index (κ3) is 20.0. The second-order valence-corrected chi connectivity index (χ2v) is 5.43. The monoisotopic (exact) mass is 429 g/mol. The number of rotatable bonds is 6. The molecule has 2 amide bonds. The number of aromatic nitrogens is 1. The van der Waals surface area contributed by atoms with Crippen molar-refractivity contribution in [2.75, 3.05) is 26.8 Å². The summed E-state index contributed by atoms with van der Waals surface area (Å²) >= 11 is 0. The van der Waals surface area contributed by atoms with Gasteiger partial charge in [0, 0.05) is 37.3 Å². The molecule has 6 N–H and O–H groups in total. The van der Waals surface area contributed by atoms with Crippen molar-refractivity contribution in [3.63, 3.8) is 0 Å². The molecule has 1 aromatic heterocycles. The van der Waals surface area contributed by atoms with E-state index < -0.39 is 0 Å². The zero-order chi connectivity index (χ0) is 23.8. The molecule has 0 aliphatic carbocycles. The van der Waals surface area contributed by atoms with E-state index in [-0.39, 0.29) is 18.8 Å².